The molecule has 0 unspecified atom stereocenters. The molecule has 0 saturated carbocycles. The van der Waals surface area contributed by atoms with Gasteiger partial charge in [0.05, 0.1) is 17.0 Å². The molecule has 5 rings (SSSR count). The summed E-state index contributed by atoms with van der Waals surface area (Å²) in [5.41, 5.74) is 2.24. The average molecular weight is 438 g/mol. The monoisotopic (exact) mass is 437 g/mol. The highest BCUT2D eigenvalue weighted by molar-refractivity contribution is 7.15. The molecule has 1 amide bonds. The Balaban J connectivity index is 1.80. The van der Waals surface area contributed by atoms with Gasteiger partial charge in [0, 0.05) is 5.02 Å². The molecule has 3 heterocycles. The standard InChI is InChI=1S/C22H16ClN3O3S/c1-3-16-24-25-22(30-16)26-18(12-6-4-11(2)5-7-12)17-19(27)14-10-13(23)8-9-15(14)29-20(17)21(26)28/h4-10,18H,3H2,1-2H3/t18-/m0/s1. The minimum atomic E-state index is -0.648. The van der Waals surface area contributed by atoms with Crippen LogP contribution in [0.25, 0.3) is 11.0 Å². The van der Waals surface area contributed by atoms with E-state index in [1.807, 2.05) is 38.1 Å². The van der Waals surface area contributed by atoms with E-state index in [2.05, 4.69) is 10.2 Å². The number of rotatable bonds is 3. The van der Waals surface area contributed by atoms with Gasteiger partial charge in [-0.1, -0.05) is 59.7 Å². The van der Waals surface area contributed by atoms with Crippen LogP contribution in [0.2, 0.25) is 5.02 Å². The number of carbonyl (C=O) groups is 1. The highest BCUT2D eigenvalue weighted by atomic mass is 35.5. The number of nitrogens with zero attached hydrogens (tertiary/aromatic N) is 3. The molecular weight excluding hydrogens is 422 g/mol. The fourth-order valence-electron chi connectivity index (χ4n) is 3.69. The molecule has 0 saturated heterocycles. The molecule has 0 aliphatic carbocycles. The summed E-state index contributed by atoms with van der Waals surface area (Å²) >= 11 is 7.45. The molecule has 2 aromatic heterocycles. The summed E-state index contributed by atoms with van der Waals surface area (Å²) in [6.45, 7) is 3.96. The maximum atomic E-state index is 13.5. The maximum absolute atomic E-state index is 13.5. The number of aromatic nitrogens is 2. The van der Waals surface area contributed by atoms with Gasteiger partial charge in [-0.25, -0.2) is 0 Å². The SMILES string of the molecule is CCc1nnc(N2C(=O)c3oc4ccc(Cl)cc4c(=O)c3[C@@H]2c2ccc(C)cc2)s1. The summed E-state index contributed by atoms with van der Waals surface area (Å²) < 4.78 is 5.92. The van der Waals surface area contributed by atoms with Crippen LogP contribution < -0.4 is 10.3 Å². The van der Waals surface area contributed by atoms with Gasteiger partial charge in [-0.15, -0.1) is 10.2 Å². The molecule has 0 bridgehead atoms. The topological polar surface area (TPSA) is 76.3 Å². The minimum Gasteiger partial charge on any atom is -0.450 e. The van der Waals surface area contributed by atoms with Crippen molar-refractivity contribution in [3.8, 4) is 0 Å². The Bertz CT molecular complexity index is 1360. The molecule has 1 aliphatic rings. The Labute approximate surface area is 180 Å². The van der Waals surface area contributed by atoms with Crippen LogP contribution >= 0.6 is 22.9 Å². The van der Waals surface area contributed by atoms with E-state index in [9.17, 15) is 9.59 Å². The Morgan fingerprint density at radius 3 is 2.60 bits per heavy atom. The highest BCUT2D eigenvalue weighted by Gasteiger charge is 2.45. The summed E-state index contributed by atoms with van der Waals surface area (Å²) in [6, 6.07) is 11.9. The van der Waals surface area contributed by atoms with Crippen molar-refractivity contribution in [3.05, 3.63) is 85.2 Å². The van der Waals surface area contributed by atoms with Gasteiger partial charge >= 0.3 is 0 Å². The molecule has 8 heteroatoms. The molecule has 0 radical (unpaired) electrons. The van der Waals surface area contributed by atoms with Crippen molar-refractivity contribution in [1.82, 2.24) is 10.2 Å². The van der Waals surface area contributed by atoms with Crippen LogP contribution in [0, 0.1) is 6.92 Å². The van der Waals surface area contributed by atoms with E-state index in [1.165, 1.54) is 16.2 Å². The van der Waals surface area contributed by atoms with Crippen LogP contribution in [0.4, 0.5) is 5.13 Å². The zero-order valence-corrected chi connectivity index (χ0v) is 17.8. The van der Waals surface area contributed by atoms with Crippen molar-refractivity contribution in [1.29, 1.82) is 0 Å². The summed E-state index contributed by atoms with van der Waals surface area (Å²) in [7, 11) is 0. The number of fused-ring (bicyclic) bond motifs is 2. The van der Waals surface area contributed by atoms with Crippen LogP contribution in [-0.4, -0.2) is 16.1 Å². The number of hydrogen-bond acceptors (Lipinski definition) is 6. The molecule has 0 fully saturated rings. The zero-order valence-electron chi connectivity index (χ0n) is 16.2. The average Bonchev–Trinajstić information content (AvgIpc) is 3.32. The molecular formula is C22H16ClN3O3S. The van der Waals surface area contributed by atoms with Crippen LogP contribution in [0.1, 0.15) is 45.2 Å². The first-order valence-electron chi connectivity index (χ1n) is 9.46. The number of benzene rings is 2. The van der Waals surface area contributed by atoms with E-state index in [0.29, 0.717) is 33.1 Å². The lowest BCUT2D eigenvalue weighted by atomic mass is 9.98. The molecule has 1 atom stereocenters. The Morgan fingerprint density at radius 1 is 1.13 bits per heavy atom. The highest BCUT2D eigenvalue weighted by Crippen LogP contribution is 2.42. The van der Waals surface area contributed by atoms with Crippen molar-refractivity contribution in [2.24, 2.45) is 0 Å². The van der Waals surface area contributed by atoms with Gasteiger partial charge in [-0.2, -0.15) is 0 Å². The first-order valence-corrected chi connectivity index (χ1v) is 10.7. The summed E-state index contributed by atoms with van der Waals surface area (Å²) in [5, 5.41) is 10.4. The minimum absolute atomic E-state index is 0.0358. The van der Waals surface area contributed by atoms with Crippen LogP contribution in [0.3, 0.4) is 0 Å². The van der Waals surface area contributed by atoms with E-state index in [4.69, 9.17) is 16.0 Å². The van der Waals surface area contributed by atoms with E-state index in [0.717, 1.165) is 16.1 Å². The quantitative estimate of drug-likeness (QED) is 0.454. The van der Waals surface area contributed by atoms with Crippen molar-refractivity contribution in [2.45, 2.75) is 26.3 Å². The summed E-state index contributed by atoms with van der Waals surface area (Å²) in [4.78, 5) is 28.4. The second-order valence-electron chi connectivity index (χ2n) is 7.13. The lowest BCUT2D eigenvalue weighted by Gasteiger charge is -2.22. The van der Waals surface area contributed by atoms with Crippen molar-refractivity contribution in [2.75, 3.05) is 4.90 Å². The predicted octanol–water partition coefficient (Wildman–Crippen LogP) is 4.92. The lowest BCUT2D eigenvalue weighted by molar-refractivity contribution is 0.0970. The van der Waals surface area contributed by atoms with E-state index in [-0.39, 0.29) is 11.2 Å². The molecule has 2 aromatic carbocycles. The molecule has 0 spiro atoms. The van der Waals surface area contributed by atoms with Crippen LogP contribution in [0.15, 0.2) is 51.7 Å². The largest absolute Gasteiger partial charge is 0.450 e. The molecule has 150 valence electrons. The fraction of sp³-hybridized carbons (Fsp3) is 0.182. The summed E-state index contributed by atoms with van der Waals surface area (Å²) in [5.74, 6) is -0.364. The van der Waals surface area contributed by atoms with E-state index in [1.54, 1.807) is 18.2 Å². The first kappa shape index (κ1) is 19.0. The first-order chi connectivity index (χ1) is 14.5. The smallest absolute Gasteiger partial charge is 0.297 e. The molecule has 4 aromatic rings. The lowest BCUT2D eigenvalue weighted by Crippen LogP contribution is -2.29. The fourth-order valence-corrected chi connectivity index (χ4v) is 4.67. The third-order valence-corrected chi connectivity index (χ3v) is 6.49. The molecule has 0 N–H and O–H groups in total. The molecule has 6 nitrogen and oxygen atoms in total. The second kappa shape index (κ2) is 7.04. The third-order valence-electron chi connectivity index (χ3n) is 5.19. The van der Waals surface area contributed by atoms with Gasteiger partial charge in [0.2, 0.25) is 10.9 Å². The molecule has 1 aliphatic heterocycles. The summed E-state index contributed by atoms with van der Waals surface area (Å²) in [6.07, 6.45) is 0.710. The Morgan fingerprint density at radius 2 is 1.90 bits per heavy atom. The van der Waals surface area contributed by atoms with Gasteiger partial charge < -0.3 is 4.42 Å². The second-order valence-corrected chi connectivity index (χ2v) is 8.61. The zero-order chi connectivity index (χ0) is 21.0. The molecule has 30 heavy (non-hydrogen) atoms. The Kier molecular flexibility index (Phi) is 4.45. The number of anilines is 1. The van der Waals surface area contributed by atoms with Crippen molar-refractivity contribution in [3.63, 3.8) is 0 Å². The van der Waals surface area contributed by atoms with Crippen LogP contribution in [-0.2, 0) is 6.42 Å². The van der Waals surface area contributed by atoms with Gasteiger partial charge in [0.25, 0.3) is 5.91 Å². The van der Waals surface area contributed by atoms with Crippen molar-refractivity contribution >= 4 is 44.9 Å². The van der Waals surface area contributed by atoms with Gasteiger partial charge in [0.1, 0.15) is 10.6 Å². The van der Waals surface area contributed by atoms with E-state index >= 15 is 0 Å². The normalized spacial score (nSPS) is 15.8. The number of aryl methyl sites for hydroxylation is 2. The van der Waals surface area contributed by atoms with Crippen LogP contribution in [0.5, 0.6) is 0 Å². The number of halogens is 1. The number of amides is 1. The van der Waals surface area contributed by atoms with E-state index < -0.39 is 11.9 Å². The van der Waals surface area contributed by atoms with Gasteiger partial charge in [-0.05, 0) is 37.1 Å². The van der Waals surface area contributed by atoms with Gasteiger partial charge in [0.15, 0.2) is 5.43 Å². The van der Waals surface area contributed by atoms with Gasteiger partial charge in [-0.3, -0.25) is 14.5 Å². The predicted molar refractivity (Wildman–Crippen MR) is 117 cm³/mol. The number of carbonyl (C=O) groups excluding carboxylic acids is 1. The van der Waals surface area contributed by atoms with Crippen molar-refractivity contribution < 1.29 is 9.21 Å². The maximum Gasteiger partial charge on any atom is 0.297 e. The Hall–Kier alpha value is -3.03. The third kappa shape index (κ3) is 2.85. The number of hydrogen-bond donors (Lipinski definition) is 0.